The molecular formula is C16H17N. The second-order valence-electron chi connectivity index (χ2n) is 4.22. The van der Waals surface area contributed by atoms with Crippen LogP contribution in [0.2, 0.25) is 0 Å². The standard InChI is InChI=1S/C16H17N/c1-3-13-8-10-14(11-9-13)16-7-5-4-6-15(16)12(2)17/h4-11,17H,3H2,1-2H3. The minimum absolute atomic E-state index is 0.611. The molecule has 0 radical (unpaired) electrons. The first-order chi connectivity index (χ1) is 8.22. The molecule has 0 aliphatic rings. The van der Waals surface area contributed by atoms with Crippen molar-refractivity contribution in [2.24, 2.45) is 0 Å². The van der Waals surface area contributed by atoms with Crippen molar-refractivity contribution >= 4 is 5.71 Å². The van der Waals surface area contributed by atoms with Crippen LogP contribution in [-0.2, 0) is 6.42 Å². The lowest BCUT2D eigenvalue weighted by Crippen LogP contribution is -1.95. The zero-order valence-electron chi connectivity index (χ0n) is 10.3. The topological polar surface area (TPSA) is 23.9 Å². The van der Waals surface area contributed by atoms with Gasteiger partial charge in [0.05, 0.1) is 0 Å². The van der Waals surface area contributed by atoms with Crippen LogP contribution in [0.1, 0.15) is 25.0 Å². The maximum Gasteiger partial charge on any atom is 0.0361 e. The summed E-state index contributed by atoms with van der Waals surface area (Å²) in [6.45, 7) is 3.99. The summed E-state index contributed by atoms with van der Waals surface area (Å²) in [6.07, 6.45) is 1.06. The highest BCUT2D eigenvalue weighted by molar-refractivity contribution is 6.02. The lowest BCUT2D eigenvalue weighted by Gasteiger charge is -2.09. The summed E-state index contributed by atoms with van der Waals surface area (Å²) in [6, 6.07) is 16.7. The van der Waals surface area contributed by atoms with E-state index in [1.165, 1.54) is 11.1 Å². The molecule has 86 valence electrons. The van der Waals surface area contributed by atoms with E-state index in [2.05, 4.69) is 37.3 Å². The van der Waals surface area contributed by atoms with Crippen molar-refractivity contribution in [3.8, 4) is 11.1 Å². The van der Waals surface area contributed by atoms with Crippen LogP contribution in [0.5, 0.6) is 0 Å². The minimum atomic E-state index is 0.611. The average molecular weight is 223 g/mol. The van der Waals surface area contributed by atoms with Crippen LogP contribution in [0.25, 0.3) is 11.1 Å². The smallest absolute Gasteiger partial charge is 0.0361 e. The molecule has 2 rings (SSSR count). The fourth-order valence-corrected chi connectivity index (χ4v) is 1.98. The highest BCUT2D eigenvalue weighted by Gasteiger charge is 2.05. The van der Waals surface area contributed by atoms with Crippen molar-refractivity contribution in [2.75, 3.05) is 0 Å². The third kappa shape index (κ3) is 2.44. The van der Waals surface area contributed by atoms with Gasteiger partial charge in [-0.3, -0.25) is 0 Å². The molecule has 0 aliphatic heterocycles. The van der Waals surface area contributed by atoms with Crippen LogP contribution in [0.4, 0.5) is 0 Å². The Morgan fingerprint density at radius 3 is 2.24 bits per heavy atom. The van der Waals surface area contributed by atoms with E-state index < -0.39 is 0 Å². The van der Waals surface area contributed by atoms with Crippen LogP contribution in [-0.4, -0.2) is 5.71 Å². The van der Waals surface area contributed by atoms with Crippen molar-refractivity contribution in [3.05, 3.63) is 59.7 Å². The van der Waals surface area contributed by atoms with E-state index in [1.807, 2.05) is 25.1 Å². The van der Waals surface area contributed by atoms with Gasteiger partial charge in [-0.25, -0.2) is 0 Å². The Morgan fingerprint density at radius 1 is 1.00 bits per heavy atom. The Hall–Kier alpha value is -1.89. The lowest BCUT2D eigenvalue weighted by atomic mass is 9.96. The molecule has 0 aliphatic carbocycles. The van der Waals surface area contributed by atoms with Crippen LogP contribution in [0, 0.1) is 5.41 Å². The van der Waals surface area contributed by atoms with Crippen molar-refractivity contribution in [3.63, 3.8) is 0 Å². The predicted octanol–water partition coefficient (Wildman–Crippen LogP) is 4.30. The molecule has 0 heterocycles. The summed E-state index contributed by atoms with van der Waals surface area (Å²) in [4.78, 5) is 0. The molecule has 1 N–H and O–H groups in total. The van der Waals surface area contributed by atoms with Gasteiger partial charge < -0.3 is 5.41 Å². The summed E-state index contributed by atoms with van der Waals surface area (Å²) in [5.41, 5.74) is 5.29. The maximum absolute atomic E-state index is 7.80. The summed E-state index contributed by atoms with van der Waals surface area (Å²) >= 11 is 0. The first-order valence-corrected chi connectivity index (χ1v) is 5.96. The molecule has 0 saturated carbocycles. The largest absolute Gasteiger partial charge is 0.305 e. The highest BCUT2D eigenvalue weighted by atomic mass is 14.4. The zero-order valence-corrected chi connectivity index (χ0v) is 10.3. The summed E-state index contributed by atoms with van der Waals surface area (Å²) in [5.74, 6) is 0. The Balaban J connectivity index is 2.48. The van der Waals surface area contributed by atoms with E-state index in [0.29, 0.717) is 5.71 Å². The van der Waals surface area contributed by atoms with E-state index >= 15 is 0 Å². The average Bonchev–Trinajstić information content (AvgIpc) is 2.39. The van der Waals surface area contributed by atoms with E-state index in [1.54, 1.807) is 0 Å². The SMILES string of the molecule is CCc1ccc(-c2ccccc2C(C)=N)cc1. The zero-order chi connectivity index (χ0) is 12.3. The molecule has 0 fully saturated rings. The fourth-order valence-electron chi connectivity index (χ4n) is 1.98. The van der Waals surface area contributed by atoms with Crippen molar-refractivity contribution in [2.45, 2.75) is 20.3 Å². The number of hydrogen-bond donors (Lipinski definition) is 1. The molecule has 0 saturated heterocycles. The van der Waals surface area contributed by atoms with E-state index in [4.69, 9.17) is 5.41 Å². The molecule has 1 nitrogen and oxygen atoms in total. The number of hydrogen-bond acceptors (Lipinski definition) is 1. The molecular weight excluding hydrogens is 206 g/mol. The van der Waals surface area contributed by atoms with Gasteiger partial charge in [-0.15, -0.1) is 0 Å². The highest BCUT2D eigenvalue weighted by Crippen LogP contribution is 2.24. The first kappa shape index (κ1) is 11.6. The van der Waals surface area contributed by atoms with Gasteiger partial charge in [0.1, 0.15) is 0 Å². The van der Waals surface area contributed by atoms with Gasteiger partial charge >= 0.3 is 0 Å². The van der Waals surface area contributed by atoms with Crippen molar-refractivity contribution < 1.29 is 0 Å². The third-order valence-corrected chi connectivity index (χ3v) is 3.00. The Labute approximate surface area is 103 Å². The Morgan fingerprint density at radius 2 is 1.65 bits per heavy atom. The quantitative estimate of drug-likeness (QED) is 0.750. The number of aryl methyl sites for hydroxylation is 1. The monoisotopic (exact) mass is 223 g/mol. The van der Waals surface area contributed by atoms with Crippen LogP contribution < -0.4 is 0 Å². The van der Waals surface area contributed by atoms with Gasteiger partial charge in [-0.05, 0) is 30.0 Å². The molecule has 17 heavy (non-hydrogen) atoms. The van der Waals surface area contributed by atoms with Crippen LogP contribution in [0.3, 0.4) is 0 Å². The summed E-state index contributed by atoms with van der Waals surface area (Å²) in [7, 11) is 0. The number of nitrogens with one attached hydrogen (secondary N) is 1. The Bertz CT molecular complexity index is 523. The first-order valence-electron chi connectivity index (χ1n) is 5.96. The van der Waals surface area contributed by atoms with E-state index in [0.717, 1.165) is 17.5 Å². The third-order valence-electron chi connectivity index (χ3n) is 3.00. The molecule has 0 aromatic heterocycles. The molecule has 1 heteroatoms. The number of rotatable bonds is 3. The second-order valence-corrected chi connectivity index (χ2v) is 4.22. The molecule has 0 atom stereocenters. The van der Waals surface area contributed by atoms with Gasteiger partial charge in [0.2, 0.25) is 0 Å². The van der Waals surface area contributed by atoms with Crippen LogP contribution >= 0.6 is 0 Å². The lowest BCUT2D eigenvalue weighted by molar-refractivity contribution is 1.14. The minimum Gasteiger partial charge on any atom is -0.305 e. The van der Waals surface area contributed by atoms with Gasteiger partial charge in [0, 0.05) is 11.3 Å². The molecule has 2 aromatic carbocycles. The maximum atomic E-state index is 7.80. The van der Waals surface area contributed by atoms with Crippen molar-refractivity contribution in [1.82, 2.24) is 0 Å². The molecule has 0 bridgehead atoms. The second kappa shape index (κ2) is 4.96. The van der Waals surface area contributed by atoms with E-state index in [-0.39, 0.29) is 0 Å². The molecule has 0 amide bonds. The van der Waals surface area contributed by atoms with Gasteiger partial charge in [0.25, 0.3) is 0 Å². The summed E-state index contributed by atoms with van der Waals surface area (Å²) in [5, 5.41) is 7.80. The predicted molar refractivity (Wildman–Crippen MR) is 73.8 cm³/mol. The molecule has 2 aromatic rings. The van der Waals surface area contributed by atoms with Gasteiger partial charge in [-0.2, -0.15) is 0 Å². The van der Waals surface area contributed by atoms with Crippen molar-refractivity contribution in [1.29, 1.82) is 5.41 Å². The summed E-state index contributed by atoms with van der Waals surface area (Å²) < 4.78 is 0. The van der Waals surface area contributed by atoms with E-state index in [9.17, 15) is 0 Å². The van der Waals surface area contributed by atoms with Crippen LogP contribution in [0.15, 0.2) is 48.5 Å². The Kier molecular flexibility index (Phi) is 3.38. The molecule has 0 unspecified atom stereocenters. The fraction of sp³-hybridized carbons (Fsp3) is 0.188. The van der Waals surface area contributed by atoms with Gasteiger partial charge in [-0.1, -0.05) is 55.5 Å². The molecule has 0 spiro atoms. The normalized spacial score (nSPS) is 10.2. The number of benzene rings is 2. The van der Waals surface area contributed by atoms with Gasteiger partial charge in [0.15, 0.2) is 0 Å².